The lowest BCUT2D eigenvalue weighted by atomic mass is 10.1. The van der Waals surface area contributed by atoms with Crippen molar-refractivity contribution in [3.05, 3.63) is 17.7 Å². The van der Waals surface area contributed by atoms with Crippen LogP contribution < -0.4 is 14.2 Å². The van der Waals surface area contributed by atoms with Crippen molar-refractivity contribution in [2.45, 2.75) is 32.5 Å². The molecule has 5 heteroatoms. The molecule has 1 aromatic rings. The second-order valence-electron chi connectivity index (χ2n) is 5.63. The molecule has 20 heavy (non-hydrogen) atoms. The summed E-state index contributed by atoms with van der Waals surface area (Å²) in [4.78, 5) is 11.0. The molecule has 0 aromatic heterocycles. The molecule has 0 spiro atoms. The molecule has 0 aliphatic carbocycles. The topological polar surface area (TPSA) is 54.0 Å². The van der Waals surface area contributed by atoms with E-state index < -0.39 is 0 Å². The van der Waals surface area contributed by atoms with E-state index in [2.05, 4.69) is 0 Å². The van der Waals surface area contributed by atoms with Gasteiger partial charge in [0, 0.05) is 6.07 Å². The third-order valence-electron chi connectivity index (χ3n) is 2.84. The first-order chi connectivity index (χ1) is 9.43. The minimum absolute atomic E-state index is 0.186. The monoisotopic (exact) mass is 280 g/mol. The van der Waals surface area contributed by atoms with Crippen molar-refractivity contribution in [1.82, 2.24) is 0 Å². The molecule has 2 rings (SSSR count). The van der Waals surface area contributed by atoms with E-state index in [1.165, 1.54) is 7.11 Å². The van der Waals surface area contributed by atoms with Gasteiger partial charge in [-0.05, 0) is 26.8 Å². The number of ether oxygens (including phenoxy) is 4. The fourth-order valence-corrected chi connectivity index (χ4v) is 1.85. The van der Waals surface area contributed by atoms with Crippen LogP contribution in [0.15, 0.2) is 12.1 Å². The van der Waals surface area contributed by atoms with E-state index in [-0.39, 0.29) is 11.7 Å². The molecule has 0 radical (unpaired) electrons. The summed E-state index contributed by atoms with van der Waals surface area (Å²) in [5.74, 6) is 1.60. The van der Waals surface area contributed by atoms with Crippen LogP contribution in [0.2, 0.25) is 0 Å². The molecular formula is C15H20O5. The molecule has 0 N–H and O–H groups in total. The van der Waals surface area contributed by atoms with Crippen molar-refractivity contribution in [3.63, 3.8) is 0 Å². The SMILES string of the molecule is COc1cc2c(cc1C=O)O[C@@H](COC(C)(C)C)CO2. The van der Waals surface area contributed by atoms with Gasteiger partial charge in [-0.15, -0.1) is 0 Å². The highest BCUT2D eigenvalue weighted by atomic mass is 16.6. The van der Waals surface area contributed by atoms with Crippen molar-refractivity contribution >= 4 is 6.29 Å². The molecule has 110 valence electrons. The number of carbonyl (C=O) groups is 1. The standard InChI is InChI=1S/C15H20O5/c1-15(2,3)19-9-11-8-18-13-6-12(17-4)10(7-16)5-14(13)20-11/h5-7,11H,8-9H2,1-4H3/t11-/m1/s1. The van der Waals surface area contributed by atoms with E-state index in [1.807, 2.05) is 20.8 Å². The van der Waals surface area contributed by atoms with E-state index in [4.69, 9.17) is 18.9 Å². The number of aldehydes is 1. The molecule has 5 nitrogen and oxygen atoms in total. The maximum atomic E-state index is 11.0. The van der Waals surface area contributed by atoms with Crippen molar-refractivity contribution < 1.29 is 23.7 Å². The number of fused-ring (bicyclic) bond motifs is 1. The summed E-state index contributed by atoms with van der Waals surface area (Å²) >= 11 is 0. The highest BCUT2D eigenvalue weighted by Crippen LogP contribution is 2.37. The average Bonchev–Trinajstić information content (AvgIpc) is 2.42. The van der Waals surface area contributed by atoms with Crippen LogP contribution >= 0.6 is 0 Å². The van der Waals surface area contributed by atoms with E-state index in [0.29, 0.717) is 36.0 Å². The first-order valence-corrected chi connectivity index (χ1v) is 6.53. The summed E-state index contributed by atoms with van der Waals surface area (Å²) in [6.07, 6.45) is 0.548. The van der Waals surface area contributed by atoms with E-state index in [1.54, 1.807) is 12.1 Å². The van der Waals surface area contributed by atoms with Gasteiger partial charge in [-0.2, -0.15) is 0 Å². The molecule has 0 saturated heterocycles. The van der Waals surface area contributed by atoms with Gasteiger partial charge in [0.15, 0.2) is 23.9 Å². The minimum Gasteiger partial charge on any atom is -0.496 e. The second kappa shape index (κ2) is 5.71. The van der Waals surface area contributed by atoms with Gasteiger partial charge in [-0.1, -0.05) is 0 Å². The zero-order valence-electron chi connectivity index (χ0n) is 12.3. The average molecular weight is 280 g/mol. The Balaban J connectivity index is 2.11. The Morgan fingerprint density at radius 2 is 2.10 bits per heavy atom. The van der Waals surface area contributed by atoms with Crippen LogP contribution in [-0.4, -0.2) is 38.3 Å². The first kappa shape index (κ1) is 14.7. The van der Waals surface area contributed by atoms with Crippen molar-refractivity contribution in [3.8, 4) is 17.2 Å². The third-order valence-corrected chi connectivity index (χ3v) is 2.84. The number of hydrogen-bond acceptors (Lipinski definition) is 5. The quantitative estimate of drug-likeness (QED) is 0.793. The third kappa shape index (κ3) is 3.42. The minimum atomic E-state index is -0.225. The largest absolute Gasteiger partial charge is 0.496 e. The lowest BCUT2D eigenvalue weighted by Gasteiger charge is -2.29. The van der Waals surface area contributed by atoms with Crippen LogP contribution in [0.5, 0.6) is 17.2 Å². The van der Waals surface area contributed by atoms with Crippen LogP contribution in [0.1, 0.15) is 31.1 Å². The van der Waals surface area contributed by atoms with Gasteiger partial charge in [0.25, 0.3) is 0 Å². The fourth-order valence-electron chi connectivity index (χ4n) is 1.85. The smallest absolute Gasteiger partial charge is 0.165 e. The number of rotatable bonds is 4. The number of hydrogen-bond donors (Lipinski definition) is 0. The highest BCUT2D eigenvalue weighted by molar-refractivity contribution is 5.81. The lowest BCUT2D eigenvalue weighted by molar-refractivity contribution is -0.0583. The molecule has 0 unspecified atom stereocenters. The summed E-state index contributed by atoms with van der Waals surface area (Å²) in [5.41, 5.74) is 0.213. The Hall–Kier alpha value is -1.75. The Labute approximate surface area is 118 Å². The zero-order chi connectivity index (χ0) is 14.8. The van der Waals surface area contributed by atoms with Gasteiger partial charge in [-0.25, -0.2) is 0 Å². The van der Waals surface area contributed by atoms with Crippen molar-refractivity contribution in [1.29, 1.82) is 0 Å². The predicted molar refractivity (Wildman–Crippen MR) is 74.0 cm³/mol. The van der Waals surface area contributed by atoms with Gasteiger partial charge >= 0.3 is 0 Å². The zero-order valence-corrected chi connectivity index (χ0v) is 12.3. The van der Waals surface area contributed by atoms with Crippen LogP contribution in [-0.2, 0) is 4.74 Å². The summed E-state index contributed by atoms with van der Waals surface area (Å²) in [7, 11) is 1.51. The van der Waals surface area contributed by atoms with Gasteiger partial charge in [-0.3, -0.25) is 4.79 Å². The molecule has 1 aromatic carbocycles. The summed E-state index contributed by atoms with van der Waals surface area (Å²) in [6, 6.07) is 3.30. The second-order valence-corrected chi connectivity index (χ2v) is 5.63. The highest BCUT2D eigenvalue weighted by Gasteiger charge is 2.25. The normalized spacial score (nSPS) is 17.7. The maximum Gasteiger partial charge on any atom is 0.165 e. The van der Waals surface area contributed by atoms with E-state index >= 15 is 0 Å². The van der Waals surface area contributed by atoms with Crippen molar-refractivity contribution in [2.24, 2.45) is 0 Å². The van der Waals surface area contributed by atoms with Crippen LogP contribution in [0.4, 0.5) is 0 Å². The Morgan fingerprint density at radius 1 is 1.35 bits per heavy atom. The molecule has 0 bridgehead atoms. The van der Waals surface area contributed by atoms with E-state index in [0.717, 1.165) is 6.29 Å². The Morgan fingerprint density at radius 3 is 2.70 bits per heavy atom. The van der Waals surface area contributed by atoms with Gasteiger partial charge < -0.3 is 18.9 Å². The lowest BCUT2D eigenvalue weighted by Crippen LogP contribution is -2.36. The van der Waals surface area contributed by atoms with E-state index in [9.17, 15) is 4.79 Å². The van der Waals surface area contributed by atoms with Crippen LogP contribution in [0.25, 0.3) is 0 Å². The first-order valence-electron chi connectivity index (χ1n) is 6.53. The maximum absolute atomic E-state index is 11.0. The Kier molecular flexibility index (Phi) is 4.18. The fraction of sp³-hybridized carbons (Fsp3) is 0.533. The van der Waals surface area contributed by atoms with Gasteiger partial charge in [0.1, 0.15) is 12.4 Å². The molecule has 0 saturated carbocycles. The molecule has 0 fully saturated rings. The molecule has 1 aliphatic rings. The molecule has 1 aliphatic heterocycles. The molecule has 0 amide bonds. The summed E-state index contributed by atoms with van der Waals surface area (Å²) < 4.78 is 22.3. The van der Waals surface area contributed by atoms with Crippen molar-refractivity contribution in [2.75, 3.05) is 20.3 Å². The van der Waals surface area contributed by atoms with Gasteiger partial charge in [0.2, 0.25) is 0 Å². The van der Waals surface area contributed by atoms with Crippen LogP contribution in [0.3, 0.4) is 0 Å². The van der Waals surface area contributed by atoms with Gasteiger partial charge in [0.05, 0.1) is 24.9 Å². The summed E-state index contributed by atoms with van der Waals surface area (Å²) in [5, 5.41) is 0. The Bertz CT molecular complexity index is 490. The number of methoxy groups -OCH3 is 1. The number of carbonyl (C=O) groups excluding carboxylic acids is 1. The van der Waals surface area contributed by atoms with Crippen LogP contribution in [0, 0.1) is 0 Å². The molecule has 1 heterocycles. The molecule has 1 atom stereocenters. The molecular weight excluding hydrogens is 260 g/mol. The predicted octanol–water partition coefficient (Wildman–Crippen LogP) is 2.46. The summed E-state index contributed by atoms with van der Waals surface area (Å²) in [6.45, 7) is 6.80. The number of benzene rings is 1.